The molecule has 0 aliphatic heterocycles. The summed E-state index contributed by atoms with van der Waals surface area (Å²) in [5, 5.41) is 7.40. The molecule has 4 nitrogen and oxygen atoms in total. The monoisotopic (exact) mass is 258 g/mol. The van der Waals surface area contributed by atoms with E-state index in [-0.39, 0.29) is 11.8 Å². The van der Waals surface area contributed by atoms with E-state index in [1.54, 1.807) is 0 Å². The third kappa shape index (κ3) is 2.65. The van der Waals surface area contributed by atoms with Crippen molar-refractivity contribution in [3.05, 3.63) is 34.6 Å². The molecule has 0 unspecified atom stereocenters. The second kappa shape index (κ2) is 4.71. The van der Waals surface area contributed by atoms with E-state index in [9.17, 15) is 4.39 Å². The van der Waals surface area contributed by atoms with Crippen molar-refractivity contribution in [2.24, 2.45) is 0 Å². The van der Waals surface area contributed by atoms with E-state index in [1.165, 1.54) is 30.0 Å². The number of nitrogens with two attached hydrogens (primary N) is 1. The second-order valence-corrected chi connectivity index (χ2v) is 4.38. The molecule has 7 heteroatoms. The first-order chi connectivity index (χ1) is 7.65. The summed E-state index contributed by atoms with van der Waals surface area (Å²) in [6.07, 6.45) is 0. The molecule has 0 aliphatic carbocycles. The first-order valence-corrected chi connectivity index (χ1v) is 5.76. The van der Waals surface area contributed by atoms with Crippen molar-refractivity contribution >= 4 is 29.3 Å². The van der Waals surface area contributed by atoms with Gasteiger partial charge in [0, 0.05) is 10.8 Å². The average Bonchev–Trinajstić information content (AvgIpc) is 2.66. The number of nitrogen functional groups attached to an aromatic ring is 1. The third-order valence-corrected chi connectivity index (χ3v) is 3.11. The quantitative estimate of drug-likeness (QED) is 0.830. The number of rotatable bonds is 3. The molecule has 2 aromatic rings. The number of nitrogens with zero attached hydrogens (tertiary/aromatic N) is 2. The summed E-state index contributed by atoms with van der Waals surface area (Å²) >= 11 is 7.25. The summed E-state index contributed by atoms with van der Waals surface area (Å²) in [5.41, 5.74) is 6.08. The van der Waals surface area contributed by atoms with Crippen molar-refractivity contribution in [3.8, 4) is 0 Å². The van der Waals surface area contributed by atoms with Gasteiger partial charge in [-0.05, 0) is 23.8 Å². The summed E-state index contributed by atoms with van der Waals surface area (Å²) in [5.74, 6) is 0.441. The number of aromatic amines is 1. The SMILES string of the molecule is Nc1nc(SCc2cc(F)ccc2Cl)n[nH]1. The van der Waals surface area contributed by atoms with Crippen LogP contribution in [0.3, 0.4) is 0 Å². The van der Waals surface area contributed by atoms with Gasteiger partial charge in [0.25, 0.3) is 0 Å². The highest BCUT2D eigenvalue weighted by Crippen LogP contribution is 2.25. The summed E-state index contributed by atoms with van der Waals surface area (Å²) in [6.45, 7) is 0. The maximum absolute atomic E-state index is 13.0. The van der Waals surface area contributed by atoms with Crippen LogP contribution in [0.25, 0.3) is 0 Å². The first-order valence-electron chi connectivity index (χ1n) is 4.40. The fourth-order valence-electron chi connectivity index (χ4n) is 1.12. The van der Waals surface area contributed by atoms with Crippen LogP contribution in [0.15, 0.2) is 23.4 Å². The number of H-pyrrole nitrogens is 1. The minimum absolute atomic E-state index is 0.257. The Balaban J connectivity index is 2.07. The maximum Gasteiger partial charge on any atom is 0.216 e. The standard InChI is InChI=1S/C9H8ClFN4S/c10-7-2-1-6(11)3-5(7)4-16-9-13-8(12)14-15-9/h1-3H,4H2,(H3,12,13,14,15). The number of halogens is 2. The van der Waals surface area contributed by atoms with Crippen LogP contribution in [0.2, 0.25) is 5.02 Å². The zero-order valence-corrected chi connectivity index (χ0v) is 9.65. The van der Waals surface area contributed by atoms with Crippen LogP contribution < -0.4 is 5.73 Å². The summed E-state index contributed by atoms with van der Waals surface area (Å²) in [6, 6.07) is 4.24. The molecule has 0 saturated heterocycles. The molecule has 0 saturated carbocycles. The van der Waals surface area contributed by atoms with Crippen molar-refractivity contribution < 1.29 is 4.39 Å². The second-order valence-electron chi connectivity index (χ2n) is 3.03. The fraction of sp³-hybridized carbons (Fsp3) is 0.111. The van der Waals surface area contributed by atoms with Crippen LogP contribution in [-0.4, -0.2) is 15.2 Å². The summed E-state index contributed by atoms with van der Waals surface area (Å²) in [4.78, 5) is 3.92. The van der Waals surface area contributed by atoms with Gasteiger partial charge in [-0.15, -0.1) is 5.10 Å². The molecule has 16 heavy (non-hydrogen) atoms. The Kier molecular flexibility index (Phi) is 3.31. The van der Waals surface area contributed by atoms with E-state index in [0.29, 0.717) is 21.5 Å². The molecule has 0 amide bonds. The highest BCUT2D eigenvalue weighted by Gasteiger charge is 2.06. The fourth-order valence-corrected chi connectivity index (χ4v) is 2.18. The van der Waals surface area contributed by atoms with Crippen molar-refractivity contribution in [1.82, 2.24) is 15.2 Å². The topological polar surface area (TPSA) is 67.6 Å². The van der Waals surface area contributed by atoms with Crippen LogP contribution >= 0.6 is 23.4 Å². The Bertz CT molecular complexity index is 502. The normalized spacial score (nSPS) is 10.6. The lowest BCUT2D eigenvalue weighted by atomic mass is 10.2. The molecule has 0 spiro atoms. The Morgan fingerprint density at radius 3 is 3.00 bits per heavy atom. The molecule has 2 rings (SSSR count). The number of anilines is 1. The van der Waals surface area contributed by atoms with Crippen molar-refractivity contribution in [3.63, 3.8) is 0 Å². The van der Waals surface area contributed by atoms with Crippen LogP contribution in [-0.2, 0) is 5.75 Å². The molecular weight excluding hydrogens is 251 g/mol. The molecule has 3 N–H and O–H groups in total. The molecule has 1 aromatic heterocycles. The maximum atomic E-state index is 13.0. The van der Waals surface area contributed by atoms with Gasteiger partial charge in [-0.2, -0.15) is 4.98 Å². The molecule has 84 valence electrons. The molecule has 0 bridgehead atoms. The molecular formula is C9H8ClFN4S. The number of aromatic nitrogens is 3. The largest absolute Gasteiger partial charge is 0.368 e. The average molecular weight is 259 g/mol. The Morgan fingerprint density at radius 1 is 1.50 bits per heavy atom. The van der Waals surface area contributed by atoms with E-state index >= 15 is 0 Å². The number of hydrogen-bond acceptors (Lipinski definition) is 4. The van der Waals surface area contributed by atoms with Crippen molar-refractivity contribution in [2.45, 2.75) is 10.9 Å². The van der Waals surface area contributed by atoms with Crippen LogP contribution in [0.1, 0.15) is 5.56 Å². The molecule has 0 fully saturated rings. The van der Waals surface area contributed by atoms with Gasteiger partial charge in [-0.3, -0.25) is 0 Å². The highest BCUT2D eigenvalue weighted by molar-refractivity contribution is 7.98. The van der Waals surface area contributed by atoms with Gasteiger partial charge in [0.1, 0.15) is 5.82 Å². The van der Waals surface area contributed by atoms with E-state index < -0.39 is 0 Å². The lowest BCUT2D eigenvalue weighted by molar-refractivity contribution is 0.626. The molecule has 1 heterocycles. The zero-order valence-electron chi connectivity index (χ0n) is 8.08. The number of benzene rings is 1. The lowest BCUT2D eigenvalue weighted by Crippen LogP contribution is -1.87. The van der Waals surface area contributed by atoms with Crippen LogP contribution in [0.4, 0.5) is 10.3 Å². The molecule has 0 radical (unpaired) electrons. The summed E-state index contributed by atoms with van der Waals surface area (Å²) < 4.78 is 13.0. The van der Waals surface area contributed by atoms with Crippen molar-refractivity contribution in [2.75, 3.05) is 5.73 Å². The number of thioether (sulfide) groups is 1. The Hall–Kier alpha value is -1.27. The minimum atomic E-state index is -0.311. The van der Waals surface area contributed by atoms with Gasteiger partial charge in [0.2, 0.25) is 11.1 Å². The van der Waals surface area contributed by atoms with Crippen molar-refractivity contribution in [1.29, 1.82) is 0 Å². The van der Waals surface area contributed by atoms with Gasteiger partial charge in [0.05, 0.1) is 0 Å². The van der Waals surface area contributed by atoms with Gasteiger partial charge in [-0.1, -0.05) is 23.4 Å². The van der Waals surface area contributed by atoms with E-state index in [0.717, 1.165) is 0 Å². The zero-order chi connectivity index (χ0) is 11.5. The molecule has 1 aromatic carbocycles. The third-order valence-electron chi connectivity index (χ3n) is 1.85. The highest BCUT2D eigenvalue weighted by atomic mass is 35.5. The van der Waals surface area contributed by atoms with Gasteiger partial charge in [0.15, 0.2) is 0 Å². The van der Waals surface area contributed by atoms with E-state index in [2.05, 4.69) is 15.2 Å². The van der Waals surface area contributed by atoms with E-state index in [4.69, 9.17) is 17.3 Å². The first kappa shape index (κ1) is 11.2. The predicted molar refractivity (Wildman–Crippen MR) is 61.8 cm³/mol. The number of hydrogen-bond donors (Lipinski definition) is 2. The molecule has 0 atom stereocenters. The van der Waals surface area contributed by atoms with Crippen LogP contribution in [0.5, 0.6) is 0 Å². The Labute approximate surface area is 100 Å². The Morgan fingerprint density at radius 2 is 2.31 bits per heavy atom. The van der Waals surface area contributed by atoms with E-state index in [1.807, 2.05) is 0 Å². The van der Waals surface area contributed by atoms with Gasteiger partial charge >= 0.3 is 0 Å². The van der Waals surface area contributed by atoms with Crippen LogP contribution in [0, 0.1) is 5.82 Å². The molecule has 0 aliphatic rings. The summed E-state index contributed by atoms with van der Waals surface area (Å²) in [7, 11) is 0. The minimum Gasteiger partial charge on any atom is -0.368 e. The predicted octanol–water partition coefficient (Wildman–Crippen LogP) is 2.47. The van der Waals surface area contributed by atoms with Gasteiger partial charge in [-0.25, -0.2) is 9.49 Å². The number of nitrogens with one attached hydrogen (secondary N) is 1. The van der Waals surface area contributed by atoms with Gasteiger partial charge < -0.3 is 5.73 Å². The lowest BCUT2D eigenvalue weighted by Gasteiger charge is -2.01. The smallest absolute Gasteiger partial charge is 0.216 e.